The largest absolute Gasteiger partial charge is 0.516 e. The Kier molecular flexibility index (Phi) is 3.85. The SMILES string of the molecule is C[C@@H]1CC(=CO)C[C@H](C)N1Cc1ccccc1. The summed E-state index contributed by atoms with van der Waals surface area (Å²) in [5.74, 6) is 0. The van der Waals surface area contributed by atoms with E-state index >= 15 is 0 Å². The van der Waals surface area contributed by atoms with Crippen LogP contribution in [-0.4, -0.2) is 22.1 Å². The van der Waals surface area contributed by atoms with Crippen molar-refractivity contribution in [2.75, 3.05) is 0 Å². The summed E-state index contributed by atoms with van der Waals surface area (Å²) in [6, 6.07) is 11.6. The van der Waals surface area contributed by atoms with Crippen molar-refractivity contribution >= 4 is 0 Å². The zero-order valence-electron chi connectivity index (χ0n) is 10.6. The van der Waals surface area contributed by atoms with Crippen LogP contribution in [0.25, 0.3) is 0 Å². The van der Waals surface area contributed by atoms with E-state index in [1.54, 1.807) is 0 Å². The maximum atomic E-state index is 9.12. The molecule has 1 heterocycles. The van der Waals surface area contributed by atoms with Gasteiger partial charge in [0, 0.05) is 18.6 Å². The van der Waals surface area contributed by atoms with Gasteiger partial charge in [0.2, 0.25) is 0 Å². The molecule has 1 aliphatic heterocycles. The molecular formula is C15H21NO. The second-order valence-corrected chi connectivity index (χ2v) is 5.05. The van der Waals surface area contributed by atoms with Crippen LogP contribution in [0.15, 0.2) is 42.2 Å². The summed E-state index contributed by atoms with van der Waals surface area (Å²) in [5.41, 5.74) is 2.54. The molecular weight excluding hydrogens is 210 g/mol. The van der Waals surface area contributed by atoms with Gasteiger partial charge in [-0.05, 0) is 37.8 Å². The molecule has 1 aromatic carbocycles. The molecule has 1 aliphatic rings. The molecule has 0 aliphatic carbocycles. The molecule has 2 rings (SSSR count). The Labute approximate surface area is 104 Å². The van der Waals surface area contributed by atoms with Crippen LogP contribution in [0.4, 0.5) is 0 Å². The van der Waals surface area contributed by atoms with Gasteiger partial charge in [0.1, 0.15) is 0 Å². The number of piperidine rings is 1. The molecule has 0 bridgehead atoms. The van der Waals surface area contributed by atoms with Crippen LogP contribution in [0.2, 0.25) is 0 Å². The lowest BCUT2D eigenvalue weighted by molar-refractivity contribution is 0.117. The molecule has 1 fully saturated rings. The molecule has 0 radical (unpaired) electrons. The number of likely N-dealkylation sites (tertiary alicyclic amines) is 1. The molecule has 1 N–H and O–H groups in total. The molecule has 1 aromatic rings. The highest BCUT2D eigenvalue weighted by atomic mass is 16.2. The van der Waals surface area contributed by atoms with Gasteiger partial charge in [-0.3, -0.25) is 4.90 Å². The third kappa shape index (κ3) is 2.89. The minimum absolute atomic E-state index is 0.498. The predicted octanol–water partition coefficient (Wildman–Crippen LogP) is 3.50. The van der Waals surface area contributed by atoms with Crippen LogP contribution in [-0.2, 0) is 6.54 Å². The first-order valence-electron chi connectivity index (χ1n) is 6.32. The fourth-order valence-corrected chi connectivity index (χ4v) is 2.72. The van der Waals surface area contributed by atoms with Crippen molar-refractivity contribution in [3.63, 3.8) is 0 Å². The lowest BCUT2D eigenvalue weighted by atomic mass is 9.92. The van der Waals surface area contributed by atoms with Gasteiger partial charge in [0.25, 0.3) is 0 Å². The van der Waals surface area contributed by atoms with E-state index in [9.17, 15) is 0 Å². The summed E-state index contributed by atoms with van der Waals surface area (Å²) in [6.45, 7) is 5.48. The molecule has 0 spiro atoms. The zero-order valence-corrected chi connectivity index (χ0v) is 10.6. The van der Waals surface area contributed by atoms with Gasteiger partial charge in [-0.1, -0.05) is 30.3 Å². The minimum Gasteiger partial charge on any atom is -0.516 e. The van der Waals surface area contributed by atoms with Gasteiger partial charge in [-0.25, -0.2) is 0 Å². The molecule has 0 amide bonds. The van der Waals surface area contributed by atoms with Gasteiger partial charge >= 0.3 is 0 Å². The zero-order chi connectivity index (χ0) is 12.3. The van der Waals surface area contributed by atoms with Gasteiger partial charge in [0.05, 0.1) is 6.26 Å². The molecule has 0 unspecified atom stereocenters. The molecule has 2 atom stereocenters. The number of aliphatic hydroxyl groups is 1. The summed E-state index contributed by atoms with van der Waals surface area (Å²) in [4.78, 5) is 2.52. The van der Waals surface area contributed by atoms with E-state index in [2.05, 4.69) is 49.1 Å². The Morgan fingerprint density at radius 1 is 1.18 bits per heavy atom. The van der Waals surface area contributed by atoms with E-state index in [1.165, 1.54) is 17.4 Å². The predicted molar refractivity (Wildman–Crippen MR) is 70.9 cm³/mol. The van der Waals surface area contributed by atoms with Crippen LogP contribution in [0, 0.1) is 0 Å². The van der Waals surface area contributed by atoms with Crippen molar-refractivity contribution in [3.05, 3.63) is 47.7 Å². The van der Waals surface area contributed by atoms with Gasteiger partial charge < -0.3 is 5.11 Å². The smallest absolute Gasteiger partial charge is 0.0784 e. The average Bonchev–Trinajstić information content (AvgIpc) is 2.35. The summed E-state index contributed by atoms with van der Waals surface area (Å²) in [6.07, 6.45) is 3.26. The Bertz CT molecular complexity index is 371. The highest BCUT2D eigenvalue weighted by Crippen LogP contribution is 2.28. The quantitative estimate of drug-likeness (QED) is 0.787. The summed E-state index contributed by atoms with van der Waals surface area (Å²) in [7, 11) is 0. The van der Waals surface area contributed by atoms with Crippen molar-refractivity contribution in [3.8, 4) is 0 Å². The minimum atomic E-state index is 0.498. The van der Waals surface area contributed by atoms with Crippen LogP contribution in [0.5, 0.6) is 0 Å². The van der Waals surface area contributed by atoms with Crippen LogP contribution in [0.1, 0.15) is 32.3 Å². The molecule has 92 valence electrons. The first-order chi connectivity index (χ1) is 8.20. The third-order valence-corrected chi connectivity index (χ3v) is 3.64. The van der Waals surface area contributed by atoms with E-state index in [-0.39, 0.29) is 0 Å². The van der Waals surface area contributed by atoms with E-state index in [1.807, 2.05) is 0 Å². The maximum Gasteiger partial charge on any atom is 0.0784 e. The average molecular weight is 231 g/mol. The highest BCUT2D eigenvalue weighted by molar-refractivity contribution is 5.16. The molecule has 2 heteroatoms. The third-order valence-electron chi connectivity index (χ3n) is 3.64. The number of hydrogen-bond donors (Lipinski definition) is 1. The summed E-state index contributed by atoms with van der Waals surface area (Å²) in [5, 5.41) is 9.12. The molecule has 17 heavy (non-hydrogen) atoms. The summed E-state index contributed by atoms with van der Waals surface area (Å²) >= 11 is 0. The normalized spacial score (nSPS) is 28.5. The summed E-state index contributed by atoms with van der Waals surface area (Å²) < 4.78 is 0. The fraction of sp³-hybridized carbons (Fsp3) is 0.467. The van der Waals surface area contributed by atoms with Gasteiger partial charge in [0.15, 0.2) is 0 Å². The topological polar surface area (TPSA) is 23.5 Å². The van der Waals surface area contributed by atoms with Gasteiger partial charge in [-0.15, -0.1) is 0 Å². The van der Waals surface area contributed by atoms with Crippen molar-refractivity contribution in [1.29, 1.82) is 0 Å². The Hall–Kier alpha value is -1.28. The number of hydrogen-bond acceptors (Lipinski definition) is 2. The number of rotatable bonds is 2. The second kappa shape index (κ2) is 5.37. The first-order valence-corrected chi connectivity index (χ1v) is 6.32. The van der Waals surface area contributed by atoms with Crippen LogP contribution >= 0.6 is 0 Å². The molecule has 0 aromatic heterocycles. The van der Waals surface area contributed by atoms with E-state index < -0.39 is 0 Å². The van der Waals surface area contributed by atoms with Crippen molar-refractivity contribution in [1.82, 2.24) is 4.90 Å². The Morgan fingerprint density at radius 3 is 2.29 bits per heavy atom. The number of benzene rings is 1. The Balaban J connectivity index is 2.06. The van der Waals surface area contributed by atoms with Crippen molar-refractivity contribution in [2.24, 2.45) is 0 Å². The maximum absolute atomic E-state index is 9.12. The van der Waals surface area contributed by atoms with E-state index in [0.29, 0.717) is 12.1 Å². The second-order valence-electron chi connectivity index (χ2n) is 5.05. The van der Waals surface area contributed by atoms with Gasteiger partial charge in [-0.2, -0.15) is 0 Å². The van der Waals surface area contributed by atoms with Crippen LogP contribution in [0.3, 0.4) is 0 Å². The standard InChI is InChI=1S/C15H21NO/c1-12-8-15(11-17)9-13(2)16(12)10-14-6-4-3-5-7-14/h3-7,11-13,17H,8-10H2,1-2H3/t12-,13+. The lowest BCUT2D eigenvalue weighted by Crippen LogP contribution is -2.43. The number of nitrogens with zero attached hydrogens (tertiary/aromatic N) is 1. The van der Waals surface area contributed by atoms with Crippen molar-refractivity contribution < 1.29 is 5.11 Å². The van der Waals surface area contributed by atoms with Crippen molar-refractivity contribution in [2.45, 2.75) is 45.3 Å². The molecule has 1 saturated heterocycles. The molecule has 0 saturated carbocycles. The fourth-order valence-electron chi connectivity index (χ4n) is 2.72. The van der Waals surface area contributed by atoms with E-state index in [4.69, 9.17) is 5.11 Å². The van der Waals surface area contributed by atoms with E-state index in [0.717, 1.165) is 19.4 Å². The first kappa shape index (κ1) is 12.2. The van der Waals surface area contributed by atoms with Crippen LogP contribution < -0.4 is 0 Å². The number of aliphatic hydroxyl groups excluding tert-OH is 1. The highest BCUT2D eigenvalue weighted by Gasteiger charge is 2.27. The molecule has 2 nitrogen and oxygen atoms in total. The lowest BCUT2D eigenvalue weighted by Gasteiger charge is -2.40. The Morgan fingerprint density at radius 2 is 1.76 bits per heavy atom. The monoisotopic (exact) mass is 231 g/mol.